The largest absolute Gasteiger partial charge is 0.496 e. The van der Waals surface area contributed by atoms with E-state index >= 15 is 0 Å². The summed E-state index contributed by atoms with van der Waals surface area (Å²) in [5.74, 6) is 0.716. The number of hydrogen-bond donors (Lipinski definition) is 0. The summed E-state index contributed by atoms with van der Waals surface area (Å²) in [6.45, 7) is 0.0571. The number of halogens is 1. The minimum Gasteiger partial charge on any atom is -0.496 e. The number of thioether (sulfide) groups is 2. The number of hydrogen-bond acceptors (Lipinski definition) is 6. The number of ether oxygens (including phenoxy) is 3. The van der Waals surface area contributed by atoms with Crippen LogP contribution in [0.1, 0.15) is 10.4 Å². The number of carbonyl (C=O) groups is 1. The van der Waals surface area contributed by atoms with Gasteiger partial charge in [0.15, 0.2) is 12.6 Å². The fourth-order valence-corrected chi connectivity index (χ4v) is 3.11. The van der Waals surface area contributed by atoms with Gasteiger partial charge in [0.1, 0.15) is 17.1 Å². The number of rotatable bonds is 8. The van der Waals surface area contributed by atoms with Gasteiger partial charge in [0.2, 0.25) is 0 Å². The zero-order chi connectivity index (χ0) is 15.8. The smallest absolute Gasteiger partial charge is 0.194 e. The number of benzene rings is 1. The zero-order valence-corrected chi connectivity index (χ0v) is 15.5. The van der Waals surface area contributed by atoms with Crippen molar-refractivity contribution in [3.63, 3.8) is 0 Å². The molecule has 0 atom stereocenters. The van der Waals surface area contributed by atoms with Crippen molar-refractivity contribution in [2.45, 2.75) is 0 Å². The third-order valence-corrected chi connectivity index (χ3v) is 4.98. The van der Waals surface area contributed by atoms with E-state index in [9.17, 15) is 4.79 Å². The van der Waals surface area contributed by atoms with Crippen molar-refractivity contribution in [2.75, 3.05) is 33.5 Å². The van der Waals surface area contributed by atoms with Gasteiger partial charge in [-0.2, -0.15) is 0 Å². The van der Waals surface area contributed by atoms with Gasteiger partial charge in [0.25, 0.3) is 0 Å². The summed E-state index contributed by atoms with van der Waals surface area (Å²) in [7, 11) is 3.04. The van der Waals surface area contributed by atoms with Crippen LogP contribution in [-0.2, 0) is 4.74 Å². The van der Waals surface area contributed by atoms with Gasteiger partial charge in [0.05, 0.1) is 7.11 Å². The van der Waals surface area contributed by atoms with Gasteiger partial charge in [-0.3, -0.25) is 4.79 Å². The van der Waals surface area contributed by atoms with Crippen LogP contribution in [0.2, 0.25) is 0 Å². The lowest BCUT2D eigenvalue weighted by Crippen LogP contribution is -2.07. The Labute approximate surface area is 141 Å². The molecular weight excluding hydrogens is 376 g/mol. The Kier molecular flexibility index (Phi) is 8.24. The Bertz CT molecular complexity index is 526. The van der Waals surface area contributed by atoms with Gasteiger partial charge in [-0.15, -0.1) is 23.5 Å². The highest BCUT2D eigenvalue weighted by molar-refractivity contribution is 9.10. The highest BCUT2D eigenvalue weighted by Crippen LogP contribution is 2.35. The van der Waals surface area contributed by atoms with E-state index in [-0.39, 0.29) is 12.6 Å². The molecule has 0 aliphatic carbocycles. The standard InChI is InChI=1S/C14H17BrO4S2/c1-17-8-19-12-6-9(15)5-11(18-2)14(12)10(16)7-13(20-3)21-4/h5-7H,8H2,1-4H3. The first-order chi connectivity index (χ1) is 10.1. The summed E-state index contributed by atoms with van der Waals surface area (Å²) < 4.78 is 17.4. The van der Waals surface area contributed by atoms with Gasteiger partial charge in [-0.1, -0.05) is 15.9 Å². The molecule has 0 radical (unpaired) electrons. The van der Waals surface area contributed by atoms with Crippen molar-refractivity contribution < 1.29 is 19.0 Å². The van der Waals surface area contributed by atoms with Crippen LogP contribution in [0.3, 0.4) is 0 Å². The maximum atomic E-state index is 12.5. The fraction of sp³-hybridized carbons (Fsp3) is 0.357. The molecule has 0 N–H and O–H groups in total. The molecule has 0 saturated carbocycles. The quantitative estimate of drug-likeness (QED) is 0.375. The first-order valence-corrected chi connectivity index (χ1v) is 9.14. The molecule has 0 spiro atoms. The van der Waals surface area contributed by atoms with Gasteiger partial charge in [0, 0.05) is 21.9 Å². The van der Waals surface area contributed by atoms with E-state index in [2.05, 4.69) is 15.9 Å². The van der Waals surface area contributed by atoms with Crippen molar-refractivity contribution in [3.05, 3.63) is 32.5 Å². The van der Waals surface area contributed by atoms with E-state index in [0.29, 0.717) is 17.1 Å². The normalized spacial score (nSPS) is 10.1. The summed E-state index contributed by atoms with van der Waals surface area (Å²) in [4.78, 5) is 12.5. The lowest BCUT2D eigenvalue weighted by molar-refractivity contribution is 0.0501. The minimum atomic E-state index is -0.163. The molecule has 0 aromatic heterocycles. The van der Waals surface area contributed by atoms with Gasteiger partial charge >= 0.3 is 0 Å². The maximum Gasteiger partial charge on any atom is 0.194 e. The monoisotopic (exact) mass is 392 g/mol. The molecule has 4 nitrogen and oxygen atoms in total. The van der Waals surface area contributed by atoms with E-state index in [1.54, 1.807) is 18.2 Å². The average molecular weight is 393 g/mol. The highest BCUT2D eigenvalue weighted by Gasteiger charge is 2.19. The number of ketones is 1. The molecule has 0 saturated heterocycles. The maximum absolute atomic E-state index is 12.5. The topological polar surface area (TPSA) is 44.8 Å². The molecule has 21 heavy (non-hydrogen) atoms. The SMILES string of the molecule is COCOc1cc(Br)cc(OC)c1C(=O)C=C(SC)SC. The number of carbonyl (C=O) groups excluding carboxylic acids is 1. The summed E-state index contributed by atoms with van der Waals surface area (Å²) in [6, 6.07) is 3.46. The van der Waals surface area contributed by atoms with Gasteiger partial charge < -0.3 is 14.2 Å². The Balaban J connectivity index is 3.29. The second kappa shape index (κ2) is 9.40. The number of methoxy groups -OCH3 is 2. The average Bonchev–Trinajstić information content (AvgIpc) is 2.49. The molecule has 0 aliphatic heterocycles. The lowest BCUT2D eigenvalue weighted by atomic mass is 10.1. The molecule has 116 valence electrons. The van der Waals surface area contributed by atoms with Crippen molar-refractivity contribution >= 4 is 45.2 Å². The third kappa shape index (κ3) is 5.25. The predicted octanol–water partition coefficient (Wildman–Crippen LogP) is 4.19. The molecule has 1 aromatic carbocycles. The fourth-order valence-electron chi connectivity index (χ4n) is 1.58. The van der Waals surface area contributed by atoms with E-state index in [1.165, 1.54) is 37.7 Å². The van der Waals surface area contributed by atoms with E-state index in [4.69, 9.17) is 14.2 Å². The summed E-state index contributed by atoms with van der Waals surface area (Å²) in [5.41, 5.74) is 0.387. The second-order valence-electron chi connectivity index (χ2n) is 3.77. The molecule has 0 amide bonds. The van der Waals surface area contributed by atoms with Crippen LogP contribution in [0.25, 0.3) is 0 Å². The Morgan fingerprint density at radius 2 is 1.86 bits per heavy atom. The first kappa shape index (κ1) is 18.4. The third-order valence-electron chi connectivity index (χ3n) is 2.48. The number of allylic oxidation sites excluding steroid dienone is 1. The van der Waals surface area contributed by atoms with Crippen LogP contribution in [0.5, 0.6) is 11.5 Å². The Hall–Kier alpha value is -0.630. The van der Waals surface area contributed by atoms with E-state index < -0.39 is 0 Å². The van der Waals surface area contributed by atoms with Gasteiger partial charge in [-0.25, -0.2) is 0 Å². The van der Waals surface area contributed by atoms with Crippen molar-refractivity contribution in [1.82, 2.24) is 0 Å². The highest BCUT2D eigenvalue weighted by atomic mass is 79.9. The molecule has 0 bridgehead atoms. The van der Waals surface area contributed by atoms with Crippen LogP contribution in [0, 0.1) is 0 Å². The second-order valence-corrected chi connectivity index (χ2v) is 6.64. The van der Waals surface area contributed by atoms with E-state index in [0.717, 1.165) is 8.71 Å². The Morgan fingerprint density at radius 1 is 1.24 bits per heavy atom. The zero-order valence-electron chi connectivity index (χ0n) is 12.3. The summed E-state index contributed by atoms with van der Waals surface area (Å²) in [5, 5.41) is 0. The summed E-state index contributed by atoms with van der Waals surface area (Å²) in [6.07, 6.45) is 5.44. The van der Waals surface area contributed by atoms with Crippen LogP contribution >= 0.6 is 39.5 Å². The molecule has 0 unspecified atom stereocenters. The first-order valence-electron chi connectivity index (χ1n) is 5.90. The molecule has 0 aliphatic rings. The van der Waals surface area contributed by atoms with Crippen LogP contribution < -0.4 is 9.47 Å². The van der Waals surface area contributed by atoms with Crippen molar-refractivity contribution in [1.29, 1.82) is 0 Å². The molecule has 1 rings (SSSR count). The molecule has 1 aromatic rings. The molecular formula is C14H17BrO4S2. The summed E-state index contributed by atoms with van der Waals surface area (Å²) >= 11 is 6.41. The predicted molar refractivity (Wildman–Crippen MR) is 92.6 cm³/mol. The van der Waals surface area contributed by atoms with Crippen molar-refractivity contribution in [2.24, 2.45) is 0 Å². The van der Waals surface area contributed by atoms with Crippen molar-refractivity contribution in [3.8, 4) is 11.5 Å². The van der Waals surface area contributed by atoms with E-state index in [1.807, 2.05) is 12.5 Å². The minimum absolute atomic E-state index is 0.0571. The molecule has 7 heteroatoms. The van der Waals surface area contributed by atoms with Crippen LogP contribution in [-0.4, -0.2) is 39.3 Å². The Morgan fingerprint density at radius 3 is 2.38 bits per heavy atom. The van der Waals surface area contributed by atoms with Gasteiger partial charge in [-0.05, 0) is 24.6 Å². The molecule has 0 heterocycles. The lowest BCUT2D eigenvalue weighted by Gasteiger charge is -2.13. The van der Waals surface area contributed by atoms with Crippen LogP contribution in [0.15, 0.2) is 26.9 Å². The van der Waals surface area contributed by atoms with Crippen LogP contribution in [0.4, 0.5) is 0 Å². The molecule has 0 fully saturated rings.